The Kier molecular flexibility index (Phi) is 7.61. The second kappa shape index (κ2) is 10.0. The number of methoxy groups -OCH3 is 1. The lowest BCUT2D eigenvalue weighted by atomic mass is 9.85. The van der Waals surface area contributed by atoms with Gasteiger partial charge in [0.2, 0.25) is 11.8 Å². The average molecular weight is 538 g/mol. The molecule has 2 fully saturated rings. The third-order valence-electron chi connectivity index (χ3n) is 6.56. The maximum absolute atomic E-state index is 12.7. The molecular weight excluding hydrogens is 507 g/mol. The van der Waals surface area contributed by atoms with Crippen LogP contribution in [0, 0.1) is 30.6 Å². The van der Waals surface area contributed by atoms with Gasteiger partial charge in [0.05, 0.1) is 18.9 Å². The molecule has 168 valence electrons. The summed E-state index contributed by atoms with van der Waals surface area (Å²) in [6, 6.07) is 6.07. The molecule has 7 nitrogen and oxygen atoms in total. The van der Waals surface area contributed by atoms with E-state index in [4.69, 9.17) is 4.74 Å². The highest BCUT2D eigenvalue weighted by Crippen LogP contribution is 2.52. The van der Waals surface area contributed by atoms with E-state index in [0.29, 0.717) is 32.0 Å². The number of hydrogen-bond acceptors (Lipinski definition) is 4. The van der Waals surface area contributed by atoms with E-state index in [2.05, 4.69) is 33.8 Å². The van der Waals surface area contributed by atoms with Crippen molar-refractivity contribution >= 4 is 41.8 Å². The van der Waals surface area contributed by atoms with Gasteiger partial charge < -0.3 is 15.4 Å². The summed E-state index contributed by atoms with van der Waals surface area (Å²) in [5.41, 5.74) is 2.23. The van der Waals surface area contributed by atoms with E-state index in [0.717, 1.165) is 23.3 Å². The molecule has 0 aromatic heterocycles. The van der Waals surface area contributed by atoms with E-state index < -0.39 is 0 Å². The average Bonchev–Trinajstić information content (AvgIpc) is 3.42. The predicted octanol–water partition coefficient (Wildman–Crippen LogP) is 2.48. The molecule has 31 heavy (non-hydrogen) atoms. The van der Waals surface area contributed by atoms with Crippen molar-refractivity contribution in [3.05, 3.63) is 41.5 Å². The molecule has 1 aromatic carbocycles. The molecule has 4 atom stereocenters. The number of imide groups is 1. The van der Waals surface area contributed by atoms with E-state index in [9.17, 15) is 9.59 Å². The number of rotatable bonds is 7. The maximum Gasteiger partial charge on any atom is 0.233 e. The number of ether oxygens (including phenoxy) is 1. The second-order valence-electron chi connectivity index (χ2n) is 8.34. The van der Waals surface area contributed by atoms with Crippen molar-refractivity contribution in [3.8, 4) is 5.75 Å². The minimum Gasteiger partial charge on any atom is -0.496 e. The smallest absolute Gasteiger partial charge is 0.233 e. The van der Waals surface area contributed by atoms with Crippen LogP contribution >= 0.6 is 24.0 Å². The largest absolute Gasteiger partial charge is 0.496 e. The molecular formula is C23H31IN4O3. The van der Waals surface area contributed by atoms with Crippen LogP contribution in [-0.4, -0.2) is 49.9 Å². The SMILES string of the molecule is CN=C(NCCCN1C(=O)C2C3C=CC(C3)C2C1=O)NCc1ccc(OC)c(C)c1.I. The number of likely N-dealkylation sites (tertiary alicyclic amines) is 1. The van der Waals surface area contributed by atoms with Crippen LogP contribution in [0.25, 0.3) is 0 Å². The quantitative estimate of drug-likeness (QED) is 0.139. The van der Waals surface area contributed by atoms with Crippen molar-refractivity contribution in [1.29, 1.82) is 0 Å². The van der Waals surface area contributed by atoms with Crippen LogP contribution in [0.1, 0.15) is 24.0 Å². The molecule has 8 heteroatoms. The van der Waals surface area contributed by atoms with E-state index in [1.165, 1.54) is 4.90 Å². The topological polar surface area (TPSA) is 83.0 Å². The summed E-state index contributed by atoms with van der Waals surface area (Å²) >= 11 is 0. The Morgan fingerprint density at radius 1 is 1.16 bits per heavy atom. The summed E-state index contributed by atoms with van der Waals surface area (Å²) < 4.78 is 5.30. The number of guanidine groups is 1. The fourth-order valence-corrected chi connectivity index (χ4v) is 5.09. The Labute approximate surface area is 200 Å². The first-order valence-electron chi connectivity index (χ1n) is 10.6. The number of halogens is 1. The summed E-state index contributed by atoms with van der Waals surface area (Å²) in [6.07, 6.45) is 5.92. The van der Waals surface area contributed by atoms with Crippen LogP contribution < -0.4 is 15.4 Å². The van der Waals surface area contributed by atoms with Gasteiger partial charge >= 0.3 is 0 Å². The number of nitrogens with zero attached hydrogens (tertiary/aromatic N) is 2. The predicted molar refractivity (Wildman–Crippen MR) is 130 cm³/mol. The normalized spacial score (nSPS) is 26.2. The van der Waals surface area contributed by atoms with Gasteiger partial charge in [-0.05, 0) is 48.8 Å². The number of carbonyl (C=O) groups is 2. The molecule has 0 radical (unpaired) electrons. The Hall–Kier alpha value is -2.10. The first-order valence-corrected chi connectivity index (χ1v) is 10.6. The van der Waals surface area contributed by atoms with Gasteiger partial charge in [-0.2, -0.15) is 0 Å². The summed E-state index contributed by atoms with van der Waals surface area (Å²) in [4.78, 5) is 31.2. The number of fused-ring (bicyclic) bond motifs is 5. The Morgan fingerprint density at radius 3 is 2.42 bits per heavy atom. The molecule has 1 aromatic rings. The third kappa shape index (κ3) is 4.58. The van der Waals surface area contributed by atoms with Gasteiger partial charge in [-0.25, -0.2) is 0 Å². The molecule has 3 aliphatic rings. The summed E-state index contributed by atoms with van der Waals surface area (Å²) in [6.45, 7) is 3.77. The number of benzene rings is 1. The van der Waals surface area contributed by atoms with Crippen LogP contribution in [0.2, 0.25) is 0 Å². The Bertz CT molecular complexity index is 871. The number of aryl methyl sites for hydroxylation is 1. The van der Waals surface area contributed by atoms with Gasteiger partial charge in [-0.3, -0.25) is 19.5 Å². The van der Waals surface area contributed by atoms with Crippen molar-refractivity contribution in [3.63, 3.8) is 0 Å². The maximum atomic E-state index is 12.7. The molecule has 1 saturated heterocycles. The van der Waals surface area contributed by atoms with Crippen molar-refractivity contribution in [2.24, 2.45) is 28.7 Å². The number of hydrogen-bond donors (Lipinski definition) is 2. The number of carbonyl (C=O) groups excluding carboxylic acids is 2. The van der Waals surface area contributed by atoms with Crippen LogP contribution in [-0.2, 0) is 16.1 Å². The second-order valence-corrected chi connectivity index (χ2v) is 8.34. The zero-order valence-corrected chi connectivity index (χ0v) is 20.6. The summed E-state index contributed by atoms with van der Waals surface area (Å²) in [7, 11) is 3.40. The van der Waals surface area contributed by atoms with Gasteiger partial charge in [0.15, 0.2) is 5.96 Å². The molecule has 2 N–H and O–H groups in total. The zero-order chi connectivity index (χ0) is 21.3. The molecule has 4 unspecified atom stereocenters. The Balaban J connectivity index is 0.00000272. The zero-order valence-electron chi connectivity index (χ0n) is 18.3. The first kappa shape index (κ1) is 23.6. The summed E-state index contributed by atoms with van der Waals surface area (Å²) in [5.74, 6) is 1.94. The third-order valence-corrected chi connectivity index (χ3v) is 6.56. The number of aliphatic imine (C=N–C) groups is 1. The summed E-state index contributed by atoms with van der Waals surface area (Å²) in [5, 5.41) is 6.55. The monoisotopic (exact) mass is 538 g/mol. The lowest BCUT2D eigenvalue weighted by molar-refractivity contribution is -0.140. The molecule has 2 aliphatic carbocycles. The van der Waals surface area contributed by atoms with Crippen LogP contribution in [0.5, 0.6) is 5.75 Å². The van der Waals surface area contributed by atoms with Crippen molar-refractivity contribution in [1.82, 2.24) is 15.5 Å². The van der Waals surface area contributed by atoms with Gasteiger partial charge in [0.25, 0.3) is 0 Å². The molecule has 1 saturated carbocycles. The molecule has 0 spiro atoms. The fourth-order valence-electron chi connectivity index (χ4n) is 5.09. The van der Waals surface area contributed by atoms with Crippen molar-refractivity contribution in [2.45, 2.75) is 26.3 Å². The van der Waals surface area contributed by atoms with Gasteiger partial charge in [0, 0.05) is 26.7 Å². The van der Waals surface area contributed by atoms with E-state index in [1.807, 2.05) is 19.1 Å². The lowest BCUT2D eigenvalue weighted by Gasteiger charge is -2.18. The lowest BCUT2D eigenvalue weighted by Crippen LogP contribution is -2.39. The highest BCUT2D eigenvalue weighted by molar-refractivity contribution is 14.0. The first-order chi connectivity index (χ1) is 14.5. The molecule has 2 amide bonds. The van der Waals surface area contributed by atoms with E-state index in [-0.39, 0.29) is 59.5 Å². The van der Waals surface area contributed by atoms with Crippen molar-refractivity contribution < 1.29 is 14.3 Å². The highest BCUT2D eigenvalue weighted by Gasteiger charge is 2.58. The van der Waals surface area contributed by atoms with Crippen molar-refractivity contribution in [2.75, 3.05) is 27.2 Å². The van der Waals surface area contributed by atoms with Gasteiger partial charge in [0.1, 0.15) is 5.75 Å². The van der Waals surface area contributed by atoms with Gasteiger partial charge in [-0.15, -0.1) is 24.0 Å². The Morgan fingerprint density at radius 2 is 1.84 bits per heavy atom. The standard InChI is InChI=1S/C23H30N4O3.HI/c1-14-11-15(5-8-18(14)30-3)13-26-23(24-2)25-9-4-10-27-21(28)19-16-6-7-17(12-16)20(19)22(27)29;/h5-8,11,16-17,19-20H,4,9-10,12-13H2,1-3H3,(H2,24,25,26);1H. The minimum absolute atomic E-state index is 0. The van der Waals surface area contributed by atoms with E-state index in [1.54, 1.807) is 14.2 Å². The highest BCUT2D eigenvalue weighted by atomic mass is 127. The molecule has 1 aliphatic heterocycles. The molecule has 2 bridgehead atoms. The molecule has 4 rings (SSSR count). The van der Waals surface area contributed by atoms with Gasteiger partial charge in [-0.1, -0.05) is 24.3 Å². The number of allylic oxidation sites excluding steroid dienone is 2. The van der Waals surface area contributed by atoms with Crippen LogP contribution in [0.15, 0.2) is 35.3 Å². The number of amides is 2. The minimum atomic E-state index is -0.108. The van der Waals surface area contributed by atoms with Crippen LogP contribution in [0.3, 0.4) is 0 Å². The van der Waals surface area contributed by atoms with Crippen LogP contribution in [0.4, 0.5) is 0 Å². The number of nitrogens with one attached hydrogen (secondary N) is 2. The van der Waals surface area contributed by atoms with E-state index >= 15 is 0 Å². The fraction of sp³-hybridized carbons (Fsp3) is 0.522. The molecule has 1 heterocycles.